The largest absolute Gasteiger partial charge is 0.387 e. The summed E-state index contributed by atoms with van der Waals surface area (Å²) in [5.74, 6) is 2.46. The zero-order chi connectivity index (χ0) is 26.7. The Morgan fingerprint density at radius 2 is 2.00 bits per heavy atom. The molecule has 3 fully saturated rings. The number of H-pyrrole nitrogens is 1. The second-order valence-electron chi connectivity index (χ2n) is 11.3. The van der Waals surface area contributed by atoms with Gasteiger partial charge in [-0.1, -0.05) is 6.07 Å². The molecule has 5 heterocycles. The summed E-state index contributed by atoms with van der Waals surface area (Å²) in [5.41, 5.74) is 10.2. The molecule has 3 aromatic heterocycles. The zero-order valence-electron chi connectivity index (χ0n) is 21.8. The number of anilines is 1. The van der Waals surface area contributed by atoms with Crippen molar-refractivity contribution in [3.05, 3.63) is 42.2 Å². The van der Waals surface area contributed by atoms with Crippen LogP contribution in [0.15, 0.2) is 30.9 Å². The van der Waals surface area contributed by atoms with Crippen molar-refractivity contribution < 1.29 is 19.7 Å². The molecule has 4 unspecified atom stereocenters. The number of hydrogen-bond donors (Lipinski definition) is 4. The van der Waals surface area contributed by atoms with E-state index in [1.165, 1.54) is 18.2 Å². The second-order valence-corrected chi connectivity index (χ2v) is 11.3. The van der Waals surface area contributed by atoms with Gasteiger partial charge < -0.3 is 35.3 Å². The number of hydrogen-bond acceptors (Lipinski definition) is 10. The van der Waals surface area contributed by atoms with E-state index in [-0.39, 0.29) is 5.82 Å². The lowest BCUT2D eigenvalue weighted by atomic mass is 9.76. The monoisotopic (exact) mass is 534 g/mol. The van der Waals surface area contributed by atoms with E-state index >= 15 is 0 Å². The average Bonchev–Trinajstić information content (AvgIpc) is 3.54. The van der Waals surface area contributed by atoms with E-state index in [1.807, 2.05) is 0 Å². The SMILES string of the molecule is CN(CC1OC(n2cnc3c(N)ncnc32)C(O)C1O)C1CC(CCc2nc3ccc(C4COC4)cc3[nH]2)C1. The van der Waals surface area contributed by atoms with Crippen LogP contribution in [0.1, 0.15) is 42.8 Å². The Morgan fingerprint density at radius 3 is 2.79 bits per heavy atom. The minimum absolute atomic E-state index is 0.261. The van der Waals surface area contributed by atoms with Crippen molar-refractivity contribution >= 4 is 28.0 Å². The number of nitrogens with zero attached hydrogens (tertiary/aromatic N) is 6. The number of aromatic nitrogens is 6. The van der Waals surface area contributed by atoms with Crippen LogP contribution in [-0.2, 0) is 15.9 Å². The van der Waals surface area contributed by atoms with Crippen LogP contribution in [0.3, 0.4) is 0 Å². The Labute approximate surface area is 225 Å². The second kappa shape index (κ2) is 9.79. The van der Waals surface area contributed by atoms with E-state index in [4.69, 9.17) is 20.2 Å². The third kappa shape index (κ3) is 4.45. The van der Waals surface area contributed by atoms with Gasteiger partial charge in [-0.2, -0.15) is 0 Å². The molecule has 1 saturated carbocycles. The predicted molar refractivity (Wildman–Crippen MR) is 143 cm³/mol. The lowest BCUT2D eigenvalue weighted by Gasteiger charge is -2.42. The smallest absolute Gasteiger partial charge is 0.167 e. The minimum atomic E-state index is -1.10. The zero-order valence-corrected chi connectivity index (χ0v) is 21.8. The number of aliphatic hydroxyl groups excluding tert-OH is 2. The number of benzene rings is 1. The highest BCUT2D eigenvalue weighted by molar-refractivity contribution is 5.81. The Hall–Kier alpha value is -3.16. The van der Waals surface area contributed by atoms with Gasteiger partial charge >= 0.3 is 0 Å². The van der Waals surface area contributed by atoms with E-state index in [0.717, 1.165) is 55.8 Å². The molecule has 0 bridgehead atoms. The van der Waals surface area contributed by atoms with Crippen LogP contribution in [0.4, 0.5) is 5.82 Å². The van der Waals surface area contributed by atoms with Gasteiger partial charge in [0.15, 0.2) is 17.7 Å². The highest BCUT2D eigenvalue weighted by atomic mass is 16.6. The number of aryl methyl sites for hydroxylation is 1. The van der Waals surface area contributed by atoms with Gasteiger partial charge in [-0.15, -0.1) is 0 Å². The molecule has 206 valence electrons. The maximum atomic E-state index is 10.8. The number of nitrogens with one attached hydrogen (secondary N) is 1. The molecule has 2 saturated heterocycles. The Balaban J connectivity index is 0.915. The van der Waals surface area contributed by atoms with Gasteiger partial charge in [-0.3, -0.25) is 4.57 Å². The normalized spacial score (nSPS) is 29.3. The summed E-state index contributed by atoms with van der Waals surface area (Å²) >= 11 is 0. The molecule has 1 aromatic carbocycles. The lowest BCUT2D eigenvalue weighted by molar-refractivity contribution is -0.0514. The van der Waals surface area contributed by atoms with Gasteiger partial charge in [-0.05, 0) is 49.9 Å². The van der Waals surface area contributed by atoms with Crippen molar-refractivity contribution in [1.29, 1.82) is 0 Å². The molecular weight excluding hydrogens is 500 g/mol. The number of likely N-dealkylation sites (N-methyl/N-ethyl adjacent to an activating group) is 1. The third-order valence-corrected chi connectivity index (χ3v) is 8.75. The molecule has 12 heteroatoms. The van der Waals surface area contributed by atoms with E-state index < -0.39 is 24.5 Å². The molecule has 4 aromatic rings. The van der Waals surface area contributed by atoms with Crippen LogP contribution < -0.4 is 5.73 Å². The van der Waals surface area contributed by atoms with Crippen LogP contribution in [0, 0.1) is 5.92 Å². The molecule has 2 aliphatic heterocycles. The van der Waals surface area contributed by atoms with Crippen LogP contribution in [0.25, 0.3) is 22.2 Å². The van der Waals surface area contributed by atoms with E-state index in [1.54, 1.807) is 4.57 Å². The summed E-state index contributed by atoms with van der Waals surface area (Å²) in [4.78, 5) is 23.0. The Bertz CT molecular complexity index is 1480. The number of nitrogen functional groups attached to an aromatic ring is 1. The van der Waals surface area contributed by atoms with Gasteiger partial charge in [-0.25, -0.2) is 19.9 Å². The highest BCUT2D eigenvalue weighted by Crippen LogP contribution is 2.37. The molecule has 3 aliphatic rings. The van der Waals surface area contributed by atoms with Gasteiger partial charge in [0.05, 0.1) is 30.6 Å². The van der Waals surface area contributed by atoms with Gasteiger partial charge in [0.2, 0.25) is 0 Å². The molecule has 0 radical (unpaired) electrons. The first-order valence-corrected chi connectivity index (χ1v) is 13.7. The van der Waals surface area contributed by atoms with Gasteiger partial charge in [0, 0.05) is 24.9 Å². The Morgan fingerprint density at radius 1 is 1.15 bits per heavy atom. The van der Waals surface area contributed by atoms with Crippen molar-refractivity contribution in [3.8, 4) is 0 Å². The Kier molecular flexibility index (Phi) is 6.24. The molecule has 0 amide bonds. The van der Waals surface area contributed by atoms with Crippen LogP contribution in [0.2, 0.25) is 0 Å². The average molecular weight is 535 g/mol. The molecule has 5 N–H and O–H groups in total. The minimum Gasteiger partial charge on any atom is -0.387 e. The lowest BCUT2D eigenvalue weighted by Crippen LogP contribution is -2.47. The quantitative estimate of drug-likeness (QED) is 0.260. The number of nitrogens with two attached hydrogens (primary N) is 1. The maximum Gasteiger partial charge on any atom is 0.167 e. The summed E-state index contributed by atoms with van der Waals surface area (Å²) < 4.78 is 13.1. The number of aromatic amines is 1. The maximum absolute atomic E-state index is 10.8. The highest BCUT2D eigenvalue weighted by Gasteiger charge is 2.45. The van der Waals surface area contributed by atoms with Gasteiger partial charge in [0.25, 0.3) is 0 Å². The van der Waals surface area contributed by atoms with Crippen molar-refractivity contribution in [2.45, 2.75) is 62.2 Å². The van der Waals surface area contributed by atoms with Crippen molar-refractivity contribution in [2.24, 2.45) is 5.92 Å². The summed E-state index contributed by atoms with van der Waals surface area (Å²) in [7, 11) is 2.06. The molecule has 39 heavy (non-hydrogen) atoms. The van der Waals surface area contributed by atoms with Crippen molar-refractivity contribution in [2.75, 3.05) is 32.5 Å². The number of ether oxygens (including phenoxy) is 2. The number of imidazole rings is 2. The van der Waals surface area contributed by atoms with E-state index in [9.17, 15) is 10.2 Å². The predicted octanol–water partition coefficient (Wildman–Crippen LogP) is 1.36. The van der Waals surface area contributed by atoms with Crippen molar-refractivity contribution in [1.82, 2.24) is 34.4 Å². The fraction of sp³-hybridized carbons (Fsp3) is 0.556. The third-order valence-electron chi connectivity index (χ3n) is 8.75. The van der Waals surface area contributed by atoms with Crippen LogP contribution in [-0.4, -0.2) is 95.8 Å². The summed E-state index contributed by atoms with van der Waals surface area (Å²) in [5, 5.41) is 21.5. The van der Waals surface area contributed by atoms with Crippen LogP contribution in [0.5, 0.6) is 0 Å². The molecular formula is C27H34N8O4. The first kappa shape index (κ1) is 24.9. The topological polar surface area (TPSA) is 160 Å². The summed E-state index contributed by atoms with van der Waals surface area (Å²) in [6.45, 7) is 2.14. The number of rotatable bonds is 8. The summed E-state index contributed by atoms with van der Waals surface area (Å²) in [6, 6.07) is 6.91. The van der Waals surface area contributed by atoms with E-state index in [0.29, 0.717) is 35.6 Å². The summed E-state index contributed by atoms with van der Waals surface area (Å²) in [6.07, 6.45) is 3.64. The molecule has 4 atom stereocenters. The molecule has 12 nitrogen and oxygen atoms in total. The molecule has 7 rings (SSSR count). The first-order valence-electron chi connectivity index (χ1n) is 13.7. The van der Waals surface area contributed by atoms with Crippen LogP contribution >= 0.6 is 0 Å². The molecule has 1 aliphatic carbocycles. The standard InChI is InChI=1S/C27H34N8O4/c1-34(9-20-23(36)24(37)27(39-20)35-13-31-22-25(28)29-12-30-26(22)35)17-6-14(7-17)2-5-21-32-18-4-3-15(8-19(18)33-21)16-10-38-11-16/h3-4,8,12-14,16-17,20,23-24,27,36-37H,2,5-7,9-11H2,1H3,(H,32,33)(H2,28,29,30). The fourth-order valence-electron chi connectivity index (χ4n) is 6.12. The number of aliphatic hydroxyl groups is 2. The first-order chi connectivity index (χ1) is 18.9. The van der Waals surface area contributed by atoms with Crippen molar-refractivity contribution in [3.63, 3.8) is 0 Å². The van der Waals surface area contributed by atoms with Gasteiger partial charge in [0.1, 0.15) is 36.0 Å². The number of fused-ring (bicyclic) bond motifs is 2. The van der Waals surface area contributed by atoms with E-state index in [2.05, 4.69) is 50.1 Å². The fourth-order valence-corrected chi connectivity index (χ4v) is 6.12. The molecule has 0 spiro atoms.